The largest absolute Gasteiger partial charge is 0.463 e. The van der Waals surface area contributed by atoms with Crippen molar-refractivity contribution in [2.45, 2.75) is 6.92 Å². The lowest BCUT2D eigenvalue weighted by molar-refractivity contribution is -0.138. The van der Waals surface area contributed by atoms with Crippen molar-refractivity contribution in [3.8, 4) is 0 Å². The molecule has 0 heterocycles. The fourth-order valence-corrected chi connectivity index (χ4v) is 1.63. The van der Waals surface area contributed by atoms with E-state index in [1.54, 1.807) is 19.1 Å². The first kappa shape index (κ1) is 15.7. The molecule has 20 heavy (non-hydrogen) atoms. The Balaban J connectivity index is 2.87. The average Bonchev–Trinajstić information content (AvgIpc) is 2.48. The van der Waals surface area contributed by atoms with Gasteiger partial charge in [0.1, 0.15) is 0 Å². The van der Waals surface area contributed by atoms with E-state index < -0.39 is 0 Å². The van der Waals surface area contributed by atoms with Crippen LogP contribution in [0.1, 0.15) is 12.5 Å². The van der Waals surface area contributed by atoms with Crippen LogP contribution in [0.25, 0.3) is 6.08 Å². The molecule has 0 N–H and O–H groups in total. The Labute approximate surface area is 120 Å². The van der Waals surface area contributed by atoms with Gasteiger partial charge in [0, 0.05) is 11.5 Å². The highest BCUT2D eigenvalue weighted by atomic mass is 16.5. The van der Waals surface area contributed by atoms with Gasteiger partial charge in [-0.15, -0.1) is 0 Å². The highest BCUT2D eigenvalue weighted by molar-refractivity contribution is 5.89. The summed E-state index contributed by atoms with van der Waals surface area (Å²) in [4.78, 5) is 11.7. The van der Waals surface area contributed by atoms with Crippen molar-refractivity contribution in [3.05, 3.63) is 78.9 Å². The molecule has 1 aromatic carbocycles. The Morgan fingerprint density at radius 1 is 1.30 bits per heavy atom. The van der Waals surface area contributed by atoms with Crippen LogP contribution in [0.15, 0.2) is 73.4 Å². The molecule has 0 aliphatic carbocycles. The lowest BCUT2D eigenvalue weighted by atomic mass is 9.98. The van der Waals surface area contributed by atoms with E-state index in [1.807, 2.05) is 48.6 Å². The Hall–Kier alpha value is -2.35. The summed E-state index contributed by atoms with van der Waals surface area (Å²) in [7, 11) is 0. The maximum absolute atomic E-state index is 11.7. The van der Waals surface area contributed by atoms with Crippen LogP contribution in [0.2, 0.25) is 0 Å². The quantitative estimate of drug-likeness (QED) is 0.421. The number of allylic oxidation sites excluding steroid dienone is 4. The van der Waals surface area contributed by atoms with Crippen LogP contribution >= 0.6 is 0 Å². The SMILES string of the molecule is C=CC=CC(C=Cc1ccccc1)C(=C)C(=O)OCC. The normalized spacial score (nSPS) is 12.4. The fraction of sp³-hybridized carbons (Fsp3) is 0.167. The maximum atomic E-state index is 11.7. The van der Waals surface area contributed by atoms with Gasteiger partial charge in [-0.3, -0.25) is 0 Å². The summed E-state index contributed by atoms with van der Waals surface area (Å²) in [6.45, 7) is 9.58. The van der Waals surface area contributed by atoms with Crippen LogP contribution in [0.5, 0.6) is 0 Å². The molecule has 0 spiro atoms. The van der Waals surface area contributed by atoms with Gasteiger partial charge >= 0.3 is 5.97 Å². The van der Waals surface area contributed by atoms with Gasteiger partial charge < -0.3 is 4.74 Å². The second kappa shape index (κ2) is 8.70. The highest BCUT2D eigenvalue weighted by Crippen LogP contribution is 2.16. The van der Waals surface area contributed by atoms with E-state index in [-0.39, 0.29) is 11.9 Å². The van der Waals surface area contributed by atoms with E-state index in [2.05, 4.69) is 13.2 Å². The number of hydrogen-bond donors (Lipinski definition) is 0. The van der Waals surface area contributed by atoms with Crippen molar-refractivity contribution in [2.75, 3.05) is 6.61 Å². The van der Waals surface area contributed by atoms with Crippen molar-refractivity contribution >= 4 is 12.0 Å². The van der Waals surface area contributed by atoms with Crippen molar-refractivity contribution < 1.29 is 9.53 Å². The molecule has 0 fully saturated rings. The van der Waals surface area contributed by atoms with E-state index in [9.17, 15) is 4.79 Å². The Morgan fingerprint density at radius 2 is 2.00 bits per heavy atom. The molecule has 0 bridgehead atoms. The fourth-order valence-electron chi connectivity index (χ4n) is 1.63. The van der Waals surface area contributed by atoms with Crippen LogP contribution in [0.4, 0.5) is 0 Å². The highest BCUT2D eigenvalue weighted by Gasteiger charge is 2.14. The number of ether oxygens (including phenoxy) is 1. The molecule has 0 amide bonds. The Bertz CT molecular complexity index is 509. The smallest absolute Gasteiger partial charge is 0.334 e. The number of hydrogen-bond acceptors (Lipinski definition) is 2. The van der Waals surface area contributed by atoms with Crippen molar-refractivity contribution in [3.63, 3.8) is 0 Å². The minimum absolute atomic E-state index is 0.202. The zero-order chi connectivity index (χ0) is 14.8. The first-order chi connectivity index (χ1) is 9.69. The summed E-state index contributed by atoms with van der Waals surface area (Å²) in [5, 5.41) is 0. The minimum atomic E-state index is -0.371. The molecule has 2 nitrogen and oxygen atoms in total. The van der Waals surface area contributed by atoms with E-state index in [0.29, 0.717) is 12.2 Å². The third kappa shape index (κ3) is 5.11. The summed E-state index contributed by atoms with van der Waals surface area (Å²) < 4.78 is 4.98. The first-order valence-electron chi connectivity index (χ1n) is 6.57. The van der Waals surface area contributed by atoms with Gasteiger partial charge in [0.25, 0.3) is 0 Å². The monoisotopic (exact) mass is 268 g/mol. The molecule has 1 atom stereocenters. The zero-order valence-corrected chi connectivity index (χ0v) is 11.8. The molecule has 0 aliphatic rings. The number of benzene rings is 1. The predicted molar refractivity (Wildman–Crippen MR) is 84.1 cm³/mol. The van der Waals surface area contributed by atoms with Crippen LogP contribution in [-0.4, -0.2) is 12.6 Å². The number of esters is 1. The standard InChI is InChI=1S/C18H20O2/c1-4-6-12-17(15(3)18(19)20-5-2)14-13-16-10-8-7-9-11-16/h4,6-14,17H,1,3,5H2,2H3. The molecule has 0 aliphatic heterocycles. The summed E-state index contributed by atoms with van der Waals surface area (Å²) in [6.07, 6.45) is 9.22. The third-order valence-corrected chi connectivity index (χ3v) is 2.69. The molecular formula is C18H20O2. The van der Waals surface area contributed by atoms with Gasteiger partial charge in [0.05, 0.1) is 6.61 Å². The Morgan fingerprint density at radius 3 is 2.60 bits per heavy atom. The predicted octanol–water partition coefficient (Wildman–Crippen LogP) is 4.18. The molecule has 2 heteroatoms. The molecule has 0 saturated carbocycles. The minimum Gasteiger partial charge on any atom is -0.463 e. The van der Waals surface area contributed by atoms with Crippen LogP contribution in [0, 0.1) is 5.92 Å². The van der Waals surface area contributed by atoms with E-state index in [4.69, 9.17) is 4.74 Å². The molecule has 0 radical (unpaired) electrons. The van der Waals surface area contributed by atoms with Crippen LogP contribution in [-0.2, 0) is 9.53 Å². The molecule has 0 aromatic heterocycles. The molecule has 1 aromatic rings. The Kier molecular flexibility index (Phi) is 6.83. The molecular weight excluding hydrogens is 248 g/mol. The van der Waals surface area contributed by atoms with Gasteiger partial charge in [-0.2, -0.15) is 0 Å². The molecule has 1 rings (SSSR count). The van der Waals surface area contributed by atoms with Gasteiger partial charge in [-0.05, 0) is 12.5 Å². The van der Waals surface area contributed by atoms with Crippen molar-refractivity contribution in [1.29, 1.82) is 0 Å². The number of carbonyl (C=O) groups is 1. The average molecular weight is 268 g/mol. The van der Waals surface area contributed by atoms with E-state index >= 15 is 0 Å². The number of carbonyl (C=O) groups excluding carboxylic acids is 1. The third-order valence-electron chi connectivity index (χ3n) is 2.69. The molecule has 0 saturated heterocycles. The molecule has 104 valence electrons. The number of rotatable bonds is 7. The maximum Gasteiger partial charge on any atom is 0.334 e. The van der Waals surface area contributed by atoms with Crippen LogP contribution < -0.4 is 0 Å². The van der Waals surface area contributed by atoms with E-state index in [1.165, 1.54) is 0 Å². The topological polar surface area (TPSA) is 26.3 Å². The summed E-state index contributed by atoms with van der Waals surface area (Å²) >= 11 is 0. The second-order valence-corrected chi connectivity index (χ2v) is 4.16. The second-order valence-electron chi connectivity index (χ2n) is 4.16. The van der Waals surface area contributed by atoms with Crippen molar-refractivity contribution in [2.24, 2.45) is 5.92 Å². The summed E-state index contributed by atoms with van der Waals surface area (Å²) in [6, 6.07) is 9.89. The van der Waals surface area contributed by atoms with Gasteiger partial charge in [-0.1, -0.05) is 73.9 Å². The van der Waals surface area contributed by atoms with Gasteiger partial charge in [-0.25, -0.2) is 4.79 Å². The van der Waals surface area contributed by atoms with Crippen molar-refractivity contribution in [1.82, 2.24) is 0 Å². The summed E-state index contributed by atoms with van der Waals surface area (Å²) in [5.41, 5.74) is 1.48. The zero-order valence-electron chi connectivity index (χ0n) is 11.8. The lowest BCUT2D eigenvalue weighted by Gasteiger charge is -2.10. The molecule has 1 unspecified atom stereocenters. The van der Waals surface area contributed by atoms with Crippen LogP contribution in [0.3, 0.4) is 0 Å². The van der Waals surface area contributed by atoms with Gasteiger partial charge in [0.2, 0.25) is 0 Å². The first-order valence-corrected chi connectivity index (χ1v) is 6.57. The lowest BCUT2D eigenvalue weighted by Crippen LogP contribution is -2.12. The van der Waals surface area contributed by atoms with Gasteiger partial charge in [0.15, 0.2) is 0 Å². The van der Waals surface area contributed by atoms with E-state index in [0.717, 1.165) is 5.56 Å². The summed E-state index contributed by atoms with van der Waals surface area (Å²) in [5.74, 6) is -0.573.